The van der Waals surface area contributed by atoms with Gasteiger partial charge in [-0.15, -0.1) is 5.10 Å². The minimum absolute atomic E-state index is 0.0995. The number of nitrogens with zero attached hydrogens (tertiary/aromatic N) is 3. The second kappa shape index (κ2) is 6.65. The highest BCUT2D eigenvalue weighted by molar-refractivity contribution is 7.86. The van der Waals surface area contributed by atoms with E-state index >= 15 is 0 Å². The third-order valence-corrected chi connectivity index (χ3v) is 3.91. The Balaban J connectivity index is 1.87. The van der Waals surface area contributed by atoms with Crippen LogP contribution in [0.25, 0.3) is 16.9 Å². The highest BCUT2D eigenvalue weighted by Crippen LogP contribution is 2.31. The van der Waals surface area contributed by atoms with E-state index in [1.54, 1.807) is 0 Å². The zero-order valence-corrected chi connectivity index (χ0v) is 14.4. The van der Waals surface area contributed by atoms with Crippen LogP contribution >= 0.6 is 0 Å². The van der Waals surface area contributed by atoms with Crippen LogP contribution in [0.15, 0.2) is 48.7 Å². The molecule has 1 heterocycles. The SMILES string of the molecule is CS(=O)(=O)Oc1ccc(-c2cn(-c3ccc(C(F)(F)F)cc3F)nn2)cc1. The Labute approximate surface area is 151 Å². The van der Waals surface area contributed by atoms with Gasteiger partial charge in [-0.25, -0.2) is 9.07 Å². The molecule has 0 fully saturated rings. The van der Waals surface area contributed by atoms with Crippen molar-refractivity contribution in [2.45, 2.75) is 6.18 Å². The van der Waals surface area contributed by atoms with Crippen LogP contribution in [0.5, 0.6) is 5.75 Å². The van der Waals surface area contributed by atoms with Crippen LogP contribution in [0.1, 0.15) is 5.56 Å². The summed E-state index contributed by atoms with van der Waals surface area (Å²) in [7, 11) is -3.66. The summed E-state index contributed by atoms with van der Waals surface area (Å²) in [6, 6.07) is 7.91. The molecule has 2 aromatic carbocycles. The third-order valence-electron chi connectivity index (χ3n) is 3.41. The van der Waals surface area contributed by atoms with Gasteiger partial charge in [-0.2, -0.15) is 21.6 Å². The van der Waals surface area contributed by atoms with Crippen LogP contribution in [-0.2, 0) is 16.3 Å². The van der Waals surface area contributed by atoms with Gasteiger partial charge in [-0.3, -0.25) is 0 Å². The smallest absolute Gasteiger partial charge is 0.383 e. The van der Waals surface area contributed by atoms with Crippen molar-refractivity contribution >= 4 is 10.1 Å². The van der Waals surface area contributed by atoms with Crippen molar-refractivity contribution < 1.29 is 30.2 Å². The van der Waals surface area contributed by atoms with Gasteiger partial charge in [0.1, 0.15) is 22.9 Å². The molecule has 0 spiro atoms. The first-order valence-electron chi connectivity index (χ1n) is 7.32. The Morgan fingerprint density at radius 2 is 1.74 bits per heavy atom. The largest absolute Gasteiger partial charge is 0.416 e. The van der Waals surface area contributed by atoms with Gasteiger partial charge in [0, 0.05) is 5.56 Å². The van der Waals surface area contributed by atoms with E-state index in [0.29, 0.717) is 17.3 Å². The molecule has 0 atom stereocenters. The Hall–Kier alpha value is -2.95. The number of hydrogen-bond donors (Lipinski definition) is 0. The minimum Gasteiger partial charge on any atom is -0.383 e. The molecule has 3 aromatic rings. The monoisotopic (exact) mass is 401 g/mol. The van der Waals surface area contributed by atoms with Crippen LogP contribution in [0.3, 0.4) is 0 Å². The number of halogens is 4. The van der Waals surface area contributed by atoms with Crippen molar-refractivity contribution in [3.8, 4) is 22.7 Å². The van der Waals surface area contributed by atoms with Gasteiger partial charge in [0.25, 0.3) is 0 Å². The Morgan fingerprint density at radius 3 is 2.30 bits per heavy atom. The molecular weight excluding hydrogens is 390 g/mol. The van der Waals surface area contributed by atoms with Crippen LogP contribution in [-0.4, -0.2) is 29.7 Å². The van der Waals surface area contributed by atoms with E-state index in [4.69, 9.17) is 4.18 Å². The molecule has 27 heavy (non-hydrogen) atoms. The molecule has 0 amide bonds. The summed E-state index contributed by atoms with van der Waals surface area (Å²) in [5, 5.41) is 7.56. The fourth-order valence-electron chi connectivity index (χ4n) is 2.24. The molecule has 0 saturated carbocycles. The molecule has 0 saturated heterocycles. The van der Waals surface area contributed by atoms with Crippen molar-refractivity contribution in [2.24, 2.45) is 0 Å². The van der Waals surface area contributed by atoms with E-state index in [9.17, 15) is 26.0 Å². The highest BCUT2D eigenvalue weighted by Gasteiger charge is 2.31. The minimum atomic E-state index is -4.65. The first-order valence-corrected chi connectivity index (χ1v) is 9.14. The lowest BCUT2D eigenvalue weighted by molar-refractivity contribution is -0.137. The summed E-state index contributed by atoms with van der Waals surface area (Å²) in [6.45, 7) is 0. The van der Waals surface area contributed by atoms with E-state index in [1.165, 1.54) is 30.5 Å². The van der Waals surface area contributed by atoms with Crippen LogP contribution in [0.2, 0.25) is 0 Å². The number of rotatable bonds is 4. The summed E-state index contributed by atoms with van der Waals surface area (Å²) >= 11 is 0. The van der Waals surface area contributed by atoms with Crippen molar-refractivity contribution in [1.29, 1.82) is 0 Å². The fourth-order valence-corrected chi connectivity index (χ4v) is 2.70. The number of benzene rings is 2. The lowest BCUT2D eigenvalue weighted by Crippen LogP contribution is -2.07. The third kappa shape index (κ3) is 4.42. The second-order valence-corrected chi connectivity index (χ2v) is 7.10. The summed E-state index contributed by atoms with van der Waals surface area (Å²) in [6.07, 6.45) is -2.41. The number of hydrogen-bond acceptors (Lipinski definition) is 5. The molecule has 0 aliphatic carbocycles. The molecule has 0 radical (unpaired) electrons. The number of aromatic nitrogens is 3. The normalized spacial score (nSPS) is 12.2. The van der Waals surface area contributed by atoms with Gasteiger partial charge in [-0.1, -0.05) is 5.21 Å². The Morgan fingerprint density at radius 1 is 1.07 bits per heavy atom. The van der Waals surface area contributed by atoms with Crippen LogP contribution < -0.4 is 4.18 Å². The van der Waals surface area contributed by atoms with Gasteiger partial charge < -0.3 is 4.18 Å². The molecule has 6 nitrogen and oxygen atoms in total. The molecule has 11 heteroatoms. The fraction of sp³-hybridized carbons (Fsp3) is 0.125. The van der Waals surface area contributed by atoms with Crippen LogP contribution in [0, 0.1) is 5.82 Å². The van der Waals surface area contributed by atoms with Gasteiger partial charge in [0.05, 0.1) is 18.0 Å². The van der Waals surface area contributed by atoms with E-state index < -0.39 is 27.7 Å². The highest BCUT2D eigenvalue weighted by atomic mass is 32.2. The average Bonchev–Trinajstić information content (AvgIpc) is 3.03. The van der Waals surface area contributed by atoms with Gasteiger partial charge >= 0.3 is 16.3 Å². The van der Waals surface area contributed by atoms with Crippen molar-refractivity contribution in [3.63, 3.8) is 0 Å². The summed E-state index contributed by atoms with van der Waals surface area (Å²) < 4.78 is 79.7. The molecule has 0 N–H and O–H groups in total. The standard InChI is InChI=1S/C16H11F4N3O3S/c1-27(24,25)26-12-5-2-10(3-6-12)14-9-23(22-21-14)15-7-4-11(8-13(15)17)16(18,19)20/h2-9H,1H3. The van der Waals surface area contributed by atoms with Crippen LogP contribution in [0.4, 0.5) is 17.6 Å². The average molecular weight is 401 g/mol. The first kappa shape index (κ1) is 18.8. The van der Waals surface area contributed by atoms with E-state index in [0.717, 1.165) is 23.1 Å². The Bertz CT molecular complexity index is 1080. The zero-order chi connectivity index (χ0) is 19.8. The van der Waals surface area contributed by atoms with Gasteiger partial charge in [-0.05, 0) is 42.5 Å². The molecule has 1 aromatic heterocycles. The molecule has 0 bridgehead atoms. The molecule has 142 valence electrons. The van der Waals surface area contributed by atoms with Crippen molar-refractivity contribution in [3.05, 3.63) is 60.0 Å². The lowest BCUT2D eigenvalue weighted by atomic mass is 10.1. The van der Waals surface area contributed by atoms with Gasteiger partial charge in [0.2, 0.25) is 0 Å². The molecular formula is C16H11F4N3O3S. The zero-order valence-electron chi connectivity index (χ0n) is 13.6. The first-order chi connectivity index (χ1) is 12.5. The summed E-state index contributed by atoms with van der Waals surface area (Å²) in [4.78, 5) is 0. The van der Waals surface area contributed by atoms with E-state index in [1.807, 2.05) is 0 Å². The van der Waals surface area contributed by atoms with Gasteiger partial charge in [0.15, 0.2) is 0 Å². The van der Waals surface area contributed by atoms with E-state index in [2.05, 4.69) is 10.3 Å². The molecule has 0 aliphatic heterocycles. The second-order valence-electron chi connectivity index (χ2n) is 5.52. The van der Waals surface area contributed by atoms with E-state index in [-0.39, 0.29) is 11.4 Å². The maximum atomic E-state index is 14.0. The summed E-state index contributed by atoms with van der Waals surface area (Å²) in [5.74, 6) is -0.999. The maximum absolute atomic E-state index is 14.0. The topological polar surface area (TPSA) is 74.1 Å². The van der Waals surface area contributed by atoms with Crippen molar-refractivity contribution in [1.82, 2.24) is 15.0 Å². The predicted molar refractivity (Wildman–Crippen MR) is 87.2 cm³/mol. The number of alkyl halides is 3. The summed E-state index contributed by atoms with van der Waals surface area (Å²) in [5.41, 5.74) is -0.473. The molecule has 0 aliphatic rings. The predicted octanol–water partition coefficient (Wildman–Crippen LogP) is 3.43. The molecule has 3 rings (SSSR count). The lowest BCUT2D eigenvalue weighted by Gasteiger charge is -2.08. The van der Waals surface area contributed by atoms with Crippen molar-refractivity contribution in [2.75, 3.05) is 6.26 Å². The quantitative estimate of drug-likeness (QED) is 0.495. The molecule has 0 unspecified atom stereocenters. The maximum Gasteiger partial charge on any atom is 0.416 e. The Kier molecular flexibility index (Phi) is 4.64.